The first-order valence-corrected chi connectivity index (χ1v) is 10.5. The van der Waals surface area contributed by atoms with Gasteiger partial charge >= 0.3 is 5.97 Å². The van der Waals surface area contributed by atoms with E-state index in [1.165, 1.54) is 0 Å². The van der Waals surface area contributed by atoms with Gasteiger partial charge < -0.3 is 10.4 Å². The Morgan fingerprint density at radius 2 is 1.73 bits per heavy atom. The molecule has 1 saturated carbocycles. The molecule has 1 aromatic rings. The summed E-state index contributed by atoms with van der Waals surface area (Å²) >= 11 is 0. The SMILES string of the molecule is CCS(=O)(=O)NCc1ccc(C(=O)NCC2(C(=O)O)CCCCC2)cc1. The summed E-state index contributed by atoms with van der Waals surface area (Å²) in [4.78, 5) is 24.0. The maximum Gasteiger partial charge on any atom is 0.311 e. The van der Waals surface area contributed by atoms with E-state index >= 15 is 0 Å². The Kier molecular flexibility index (Phi) is 6.77. The van der Waals surface area contributed by atoms with Crippen LogP contribution in [0.4, 0.5) is 0 Å². The second kappa shape index (κ2) is 8.64. The van der Waals surface area contributed by atoms with Crippen LogP contribution in [0.2, 0.25) is 0 Å². The summed E-state index contributed by atoms with van der Waals surface area (Å²) in [7, 11) is -3.27. The third-order valence-electron chi connectivity index (χ3n) is 4.94. The first kappa shape index (κ1) is 20.4. The fraction of sp³-hybridized carbons (Fsp3) is 0.556. The van der Waals surface area contributed by atoms with Crippen molar-refractivity contribution in [1.29, 1.82) is 0 Å². The first-order valence-electron chi connectivity index (χ1n) is 8.86. The van der Waals surface area contributed by atoms with E-state index in [-0.39, 0.29) is 24.7 Å². The van der Waals surface area contributed by atoms with Gasteiger partial charge in [-0.3, -0.25) is 9.59 Å². The Morgan fingerprint density at radius 3 is 2.27 bits per heavy atom. The summed E-state index contributed by atoms with van der Waals surface area (Å²) in [5, 5.41) is 12.3. The first-order chi connectivity index (χ1) is 12.3. The number of carbonyl (C=O) groups excluding carboxylic acids is 1. The third kappa shape index (κ3) is 5.28. The molecule has 144 valence electrons. The van der Waals surface area contributed by atoms with E-state index in [1.807, 2.05) is 0 Å². The number of nitrogens with one attached hydrogen (secondary N) is 2. The Morgan fingerprint density at radius 1 is 1.12 bits per heavy atom. The van der Waals surface area contributed by atoms with Gasteiger partial charge in [-0.1, -0.05) is 31.4 Å². The minimum Gasteiger partial charge on any atom is -0.481 e. The van der Waals surface area contributed by atoms with E-state index in [4.69, 9.17) is 0 Å². The summed E-state index contributed by atoms with van der Waals surface area (Å²) in [5.41, 5.74) is 0.294. The van der Waals surface area contributed by atoms with E-state index in [0.29, 0.717) is 18.4 Å². The van der Waals surface area contributed by atoms with Gasteiger partial charge in [0.1, 0.15) is 0 Å². The van der Waals surface area contributed by atoms with Crippen molar-refractivity contribution < 1.29 is 23.1 Å². The van der Waals surface area contributed by atoms with Crippen LogP contribution in [-0.2, 0) is 21.4 Å². The van der Waals surface area contributed by atoms with Gasteiger partial charge in [-0.25, -0.2) is 13.1 Å². The maximum absolute atomic E-state index is 12.3. The predicted octanol–water partition coefficient (Wildman–Crippen LogP) is 1.89. The molecule has 0 unspecified atom stereocenters. The second-order valence-electron chi connectivity index (χ2n) is 6.75. The second-order valence-corrected chi connectivity index (χ2v) is 8.85. The topological polar surface area (TPSA) is 113 Å². The zero-order valence-electron chi connectivity index (χ0n) is 15.0. The normalized spacial score (nSPS) is 16.8. The Balaban J connectivity index is 1.94. The van der Waals surface area contributed by atoms with Crippen LogP contribution >= 0.6 is 0 Å². The van der Waals surface area contributed by atoms with Crippen molar-refractivity contribution in [3.8, 4) is 0 Å². The lowest BCUT2D eigenvalue weighted by atomic mass is 9.74. The maximum atomic E-state index is 12.3. The van der Waals surface area contributed by atoms with Crippen molar-refractivity contribution in [3.05, 3.63) is 35.4 Å². The van der Waals surface area contributed by atoms with Gasteiger partial charge in [0.25, 0.3) is 5.91 Å². The molecule has 0 saturated heterocycles. The van der Waals surface area contributed by atoms with E-state index in [0.717, 1.165) is 24.8 Å². The van der Waals surface area contributed by atoms with Gasteiger partial charge in [0.2, 0.25) is 10.0 Å². The van der Waals surface area contributed by atoms with Crippen molar-refractivity contribution in [3.63, 3.8) is 0 Å². The number of hydrogen-bond donors (Lipinski definition) is 3. The lowest BCUT2D eigenvalue weighted by Gasteiger charge is -2.33. The molecule has 0 heterocycles. The molecular weight excluding hydrogens is 356 g/mol. The number of sulfonamides is 1. The molecule has 0 atom stereocenters. The summed E-state index contributed by atoms with van der Waals surface area (Å²) in [6.07, 6.45) is 3.93. The van der Waals surface area contributed by atoms with Crippen LogP contribution in [0.1, 0.15) is 54.9 Å². The van der Waals surface area contributed by atoms with Crippen LogP contribution in [0.15, 0.2) is 24.3 Å². The fourth-order valence-corrected chi connectivity index (χ4v) is 3.71. The van der Waals surface area contributed by atoms with E-state index in [1.54, 1.807) is 31.2 Å². The van der Waals surface area contributed by atoms with Crippen molar-refractivity contribution in [2.75, 3.05) is 12.3 Å². The average molecular weight is 382 g/mol. The zero-order valence-corrected chi connectivity index (χ0v) is 15.8. The number of amides is 1. The zero-order chi connectivity index (χ0) is 19.2. The van der Waals surface area contributed by atoms with Gasteiger partial charge in [0, 0.05) is 18.7 Å². The molecule has 1 fully saturated rings. The predicted molar refractivity (Wildman–Crippen MR) is 98.2 cm³/mol. The standard InChI is InChI=1S/C18H26N2O5S/c1-2-26(24,25)20-12-14-6-8-15(9-7-14)16(21)19-13-18(17(22)23)10-4-3-5-11-18/h6-9,20H,2-5,10-13H2,1H3,(H,19,21)(H,22,23). The van der Waals surface area contributed by atoms with Crippen LogP contribution in [0.3, 0.4) is 0 Å². The quantitative estimate of drug-likeness (QED) is 0.635. The molecule has 3 N–H and O–H groups in total. The molecule has 0 bridgehead atoms. The van der Waals surface area contributed by atoms with E-state index < -0.39 is 21.4 Å². The number of hydrogen-bond acceptors (Lipinski definition) is 4. The highest BCUT2D eigenvalue weighted by atomic mass is 32.2. The lowest BCUT2D eigenvalue weighted by Crippen LogP contribution is -2.44. The van der Waals surface area contributed by atoms with Crippen LogP contribution in [0.25, 0.3) is 0 Å². The lowest BCUT2D eigenvalue weighted by molar-refractivity contribution is -0.150. The van der Waals surface area contributed by atoms with Gasteiger partial charge in [-0.2, -0.15) is 0 Å². The summed E-state index contributed by atoms with van der Waals surface area (Å²) in [6.45, 7) is 1.85. The van der Waals surface area contributed by atoms with E-state index in [2.05, 4.69) is 10.0 Å². The minimum atomic E-state index is -3.27. The highest BCUT2D eigenvalue weighted by Gasteiger charge is 2.39. The largest absolute Gasteiger partial charge is 0.481 e. The average Bonchev–Trinajstić information content (AvgIpc) is 2.65. The number of aliphatic carboxylic acids is 1. The monoisotopic (exact) mass is 382 g/mol. The Bertz CT molecular complexity index is 737. The smallest absolute Gasteiger partial charge is 0.311 e. The van der Waals surface area contributed by atoms with Crippen LogP contribution in [0, 0.1) is 5.41 Å². The van der Waals surface area contributed by atoms with Crippen molar-refractivity contribution in [2.45, 2.75) is 45.6 Å². The Labute approximate surface area is 154 Å². The molecule has 26 heavy (non-hydrogen) atoms. The molecule has 0 aliphatic heterocycles. The van der Waals surface area contributed by atoms with Gasteiger partial charge in [0.15, 0.2) is 0 Å². The molecule has 0 spiro atoms. The molecule has 0 radical (unpaired) electrons. The van der Waals surface area contributed by atoms with E-state index in [9.17, 15) is 23.1 Å². The number of rotatable bonds is 8. The van der Waals surface area contributed by atoms with Crippen molar-refractivity contribution >= 4 is 21.9 Å². The number of carboxylic acid groups (broad SMARTS) is 1. The van der Waals surface area contributed by atoms with Crippen LogP contribution in [-0.4, -0.2) is 37.7 Å². The number of carboxylic acids is 1. The third-order valence-corrected chi connectivity index (χ3v) is 6.29. The summed E-state index contributed by atoms with van der Waals surface area (Å²) in [5.74, 6) is -1.16. The Hall–Kier alpha value is -1.93. The number of benzene rings is 1. The molecule has 1 aliphatic carbocycles. The van der Waals surface area contributed by atoms with Crippen LogP contribution < -0.4 is 10.0 Å². The van der Waals surface area contributed by atoms with Gasteiger partial charge in [0.05, 0.1) is 11.2 Å². The molecule has 7 nitrogen and oxygen atoms in total. The molecule has 1 aliphatic rings. The fourth-order valence-electron chi connectivity index (χ4n) is 3.12. The molecular formula is C18H26N2O5S. The van der Waals surface area contributed by atoms with Crippen LogP contribution in [0.5, 0.6) is 0 Å². The molecule has 8 heteroatoms. The van der Waals surface area contributed by atoms with Crippen molar-refractivity contribution in [2.24, 2.45) is 5.41 Å². The highest BCUT2D eigenvalue weighted by Crippen LogP contribution is 2.36. The molecule has 1 aromatic carbocycles. The number of carbonyl (C=O) groups is 2. The minimum absolute atomic E-state index is 0.0127. The van der Waals surface area contributed by atoms with Crippen molar-refractivity contribution in [1.82, 2.24) is 10.0 Å². The molecule has 1 amide bonds. The highest BCUT2D eigenvalue weighted by molar-refractivity contribution is 7.89. The molecule has 0 aromatic heterocycles. The summed E-state index contributed by atoms with van der Waals surface area (Å²) < 4.78 is 25.4. The molecule has 2 rings (SSSR count). The van der Waals surface area contributed by atoms with Gasteiger partial charge in [-0.05, 0) is 37.5 Å². The van der Waals surface area contributed by atoms with Gasteiger partial charge in [-0.15, -0.1) is 0 Å². The summed E-state index contributed by atoms with van der Waals surface area (Å²) in [6, 6.07) is 6.58.